The van der Waals surface area contributed by atoms with Crippen molar-refractivity contribution in [3.05, 3.63) is 78.1 Å². The van der Waals surface area contributed by atoms with Gasteiger partial charge in [-0.3, -0.25) is 4.79 Å². The van der Waals surface area contributed by atoms with Crippen molar-refractivity contribution in [2.75, 3.05) is 11.6 Å². The minimum Gasteiger partial charge on any atom is -0.349 e. The summed E-state index contributed by atoms with van der Waals surface area (Å²) in [5.41, 5.74) is 1.68. The van der Waals surface area contributed by atoms with Gasteiger partial charge in [-0.2, -0.15) is 0 Å². The van der Waals surface area contributed by atoms with Crippen molar-refractivity contribution >= 4 is 28.4 Å². The number of hydrogen-bond donors (Lipinski definition) is 2. The Labute approximate surface area is 177 Å². The lowest BCUT2D eigenvalue weighted by atomic mass is 10.0. The van der Waals surface area contributed by atoms with Gasteiger partial charge in [-0.05, 0) is 53.6 Å². The van der Waals surface area contributed by atoms with Crippen LogP contribution >= 0.6 is 11.8 Å². The number of benzene rings is 3. The van der Waals surface area contributed by atoms with Gasteiger partial charge in [0.15, 0.2) is 5.82 Å². The van der Waals surface area contributed by atoms with Gasteiger partial charge in [0.25, 0.3) is 0 Å². The Morgan fingerprint density at radius 3 is 2.60 bits per heavy atom. The quantitative estimate of drug-likeness (QED) is 0.364. The fourth-order valence-corrected chi connectivity index (χ4v) is 3.81. The van der Waals surface area contributed by atoms with Crippen LogP contribution in [0.15, 0.2) is 71.9 Å². The van der Waals surface area contributed by atoms with Gasteiger partial charge in [-0.25, -0.2) is 9.07 Å². The predicted octanol–water partition coefficient (Wildman–Crippen LogP) is 3.92. The molecule has 0 aliphatic heterocycles. The summed E-state index contributed by atoms with van der Waals surface area (Å²) in [6.45, 7) is 1.95. The zero-order chi connectivity index (χ0) is 21.1. The van der Waals surface area contributed by atoms with Gasteiger partial charge in [-0.1, -0.05) is 48.2 Å². The molecule has 30 heavy (non-hydrogen) atoms. The first kappa shape index (κ1) is 19.9. The van der Waals surface area contributed by atoms with Crippen LogP contribution in [0.1, 0.15) is 18.5 Å². The second kappa shape index (κ2) is 8.54. The number of amides is 1. The van der Waals surface area contributed by atoms with E-state index in [1.807, 2.05) is 25.1 Å². The number of nitrogens with one attached hydrogen (secondary N) is 1. The summed E-state index contributed by atoms with van der Waals surface area (Å²) < 4.78 is 14.4. The first-order valence-corrected chi connectivity index (χ1v) is 10.4. The summed E-state index contributed by atoms with van der Waals surface area (Å²) >= 11 is 1.19. The van der Waals surface area contributed by atoms with E-state index in [1.54, 1.807) is 12.1 Å². The number of rotatable bonds is 6. The number of thioether (sulfide) groups is 1. The van der Waals surface area contributed by atoms with Crippen LogP contribution in [-0.2, 0) is 4.79 Å². The Morgan fingerprint density at radius 2 is 1.83 bits per heavy atom. The minimum absolute atomic E-state index is 0.131. The summed E-state index contributed by atoms with van der Waals surface area (Å²) in [7, 11) is 0. The van der Waals surface area contributed by atoms with E-state index < -0.39 is 0 Å². The molecule has 8 heteroatoms. The number of nitrogens with two attached hydrogens (primary N) is 1. The van der Waals surface area contributed by atoms with E-state index in [-0.39, 0.29) is 23.5 Å². The maximum Gasteiger partial charge on any atom is 0.230 e. The van der Waals surface area contributed by atoms with Gasteiger partial charge in [0.2, 0.25) is 11.1 Å². The molecule has 0 aliphatic rings. The highest BCUT2D eigenvalue weighted by Crippen LogP contribution is 2.23. The van der Waals surface area contributed by atoms with Crippen molar-refractivity contribution in [2.45, 2.75) is 18.1 Å². The molecule has 3 aromatic carbocycles. The molecule has 1 aromatic heterocycles. The molecule has 0 bridgehead atoms. The second-order valence-electron chi connectivity index (χ2n) is 6.87. The molecule has 0 fully saturated rings. The van der Waals surface area contributed by atoms with Crippen molar-refractivity contribution in [1.29, 1.82) is 0 Å². The molecule has 4 rings (SSSR count). The molecule has 0 aliphatic carbocycles. The summed E-state index contributed by atoms with van der Waals surface area (Å²) in [6, 6.07) is 19.9. The SMILES string of the molecule is CC(NC(=O)CSc1nnc(-c2ccc(F)cc2)n1N)c1ccc2ccccc2c1. The number of nitrogen functional groups attached to an aromatic ring is 1. The summed E-state index contributed by atoms with van der Waals surface area (Å²) in [6.07, 6.45) is 0. The maximum atomic E-state index is 13.1. The molecule has 152 valence electrons. The van der Waals surface area contributed by atoms with Gasteiger partial charge in [0.05, 0.1) is 11.8 Å². The molecule has 3 N–H and O–H groups in total. The Balaban J connectivity index is 1.38. The fourth-order valence-electron chi connectivity index (χ4n) is 3.14. The lowest BCUT2D eigenvalue weighted by Crippen LogP contribution is -2.28. The van der Waals surface area contributed by atoms with Crippen LogP contribution in [0.4, 0.5) is 4.39 Å². The summed E-state index contributed by atoms with van der Waals surface area (Å²) in [5.74, 6) is 6.13. The van der Waals surface area contributed by atoms with Crippen LogP contribution in [0.5, 0.6) is 0 Å². The van der Waals surface area contributed by atoms with Gasteiger partial charge in [-0.15, -0.1) is 10.2 Å². The molecule has 1 heterocycles. The van der Waals surface area contributed by atoms with Gasteiger partial charge in [0.1, 0.15) is 5.82 Å². The molecule has 0 radical (unpaired) electrons. The number of fused-ring (bicyclic) bond motifs is 1. The van der Waals surface area contributed by atoms with Crippen LogP contribution in [0.2, 0.25) is 0 Å². The van der Waals surface area contributed by atoms with Crippen LogP contribution < -0.4 is 11.2 Å². The largest absolute Gasteiger partial charge is 0.349 e. The summed E-state index contributed by atoms with van der Waals surface area (Å²) in [4.78, 5) is 12.4. The van der Waals surface area contributed by atoms with E-state index in [9.17, 15) is 9.18 Å². The molecule has 1 atom stereocenters. The molecular formula is C22H20FN5OS. The second-order valence-corrected chi connectivity index (χ2v) is 7.81. The standard InChI is InChI=1S/C22H20FN5OS/c1-14(17-7-6-15-4-2-3-5-18(15)12-17)25-20(29)13-30-22-27-26-21(28(22)24)16-8-10-19(23)11-9-16/h2-12,14H,13,24H2,1H3,(H,25,29). The molecule has 1 amide bonds. The zero-order valence-electron chi connectivity index (χ0n) is 16.2. The number of nitrogens with zero attached hydrogens (tertiary/aromatic N) is 3. The molecule has 6 nitrogen and oxygen atoms in total. The lowest BCUT2D eigenvalue weighted by molar-refractivity contribution is -0.119. The third-order valence-corrected chi connectivity index (χ3v) is 5.69. The maximum absolute atomic E-state index is 13.1. The van der Waals surface area contributed by atoms with E-state index in [2.05, 4.69) is 39.8 Å². The Morgan fingerprint density at radius 1 is 1.10 bits per heavy atom. The van der Waals surface area contributed by atoms with E-state index >= 15 is 0 Å². The van der Waals surface area contributed by atoms with E-state index in [4.69, 9.17) is 5.84 Å². The number of halogens is 1. The molecule has 0 spiro atoms. The average Bonchev–Trinajstić information content (AvgIpc) is 3.12. The van der Waals surface area contributed by atoms with Crippen molar-refractivity contribution in [3.8, 4) is 11.4 Å². The number of aromatic nitrogens is 3. The van der Waals surface area contributed by atoms with Crippen molar-refractivity contribution in [3.63, 3.8) is 0 Å². The molecule has 0 saturated heterocycles. The van der Waals surface area contributed by atoms with Crippen molar-refractivity contribution < 1.29 is 9.18 Å². The lowest BCUT2D eigenvalue weighted by Gasteiger charge is -2.15. The molecule has 4 aromatic rings. The highest BCUT2D eigenvalue weighted by molar-refractivity contribution is 7.99. The summed E-state index contributed by atoms with van der Waals surface area (Å²) in [5, 5.41) is 13.8. The molecule has 1 unspecified atom stereocenters. The van der Waals surface area contributed by atoms with Gasteiger partial charge < -0.3 is 11.2 Å². The Kier molecular flexibility index (Phi) is 5.67. The van der Waals surface area contributed by atoms with Crippen LogP contribution in [0.3, 0.4) is 0 Å². The topological polar surface area (TPSA) is 85.8 Å². The van der Waals surface area contributed by atoms with Gasteiger partial charge in [0, 0.05) is 5.56 Å². The first-order chi connectivity index (χ1) is 14.5. The third-order valence-electron chi connectivity index (χ3n) is 4.75. The molecular weight excluding hydrogens is 401 g/mol. The smallest absolute Gasteiger partial charge is 0.230 e. The highest BCUT2D eigenvalue weighted by Gasteiger charge is 2.15. The van der Waals surface area contributed by atoms with Crippen LogP contribution in [0, 0.1) is 5.82 Å². The first-order valence-electron chi connectivity index (χ1n) is 9.38. The molecule has 0 saturated carbocycles. The minimum atomic E-state index is -0.339. The Hall–Kier alpha value is -3.39. The van der Waals surface area contributed by atoms with Crippen molar-refractivity contribution in [1.82, 2.24) is 20.2 Å². The van der Waals surface area contributed by atoms with Crippen LogP contribution in [-0.4, -0.2) is 26.5 Å². The Bertz CT molecular complexity index is 1190. The van der Waals surface area contributed by atoms with Gasteiger partial charge >= 0.3 is 0 Å². The monoisotopic (exact) mass is 421 g/mol. The zero-order valence-corrected chi connectivity index (χ0v) is 17.1. The van der Waals surface area contributed by atoms with Crippen molar-refractivity contribution in [2.24, 2.45) is 0 Å². The number of carbonyl (C=O) groups excluding carboxylic acids is 1. The van der Waals surface area contributed by atoms with E-state index in [1.165, 1.54) is 28.6 Å². The van der Waals surface area contributed by atoms with Crippen LogP contribution in [0.25, 0.3) is 22.2 Å². The number of carbonyl (C=O) groups is 1. The number of hydrogen-bond acceptors (Lipinski definition) is 5. The van der Waals surface area contributed by atoms with E-state index in [0.29, 0.717) is 16.5 Å². The third kappa shape index (κ3) is 4.28. The fraction of sp³-hybridized carbons (Fsp3) is 0.136. The van der Waals surface area contributed by atoms with E-state index in [0.717, 1.165) is 16.3 Å². The predicted molar refractivity (Wildman–Crippen MR) is 117 cm³/mol. The normalized spacial score (nSPS) is 12.1. The average molecular weight is 422 g/mol. The highest BCUT2D eigenvalue weighted by atomic mass is 32.2.